The SMILES string of the molecule is O=C(O)C1CCCC(C(=O)N2CCCc3cc(Br)ccc32)C1. The van der Waals surface area contributed by atoms with Crippen LogP contribution in [0.1, 0.15) is 37.7 Å². The number of carbonyl (C=O) groups is 2. The van der Waals surface area contributed by atoms with Crippen LogP contribution in [0.3, 0.4) is 0 Å². The van der Waals surface area contributed by atoms with Crippen molar-refractivity contribution in [1.29, 1.82) is 0 Å². The smallest absolute Gasteiger partial charge is 0.306 e. The van der Waals surface area contributed by atoms with Crippen molar-refractivity contribution in [1.82, 2.24) is 0 Å². The third-order valence-electron chi connectivity index (χ3n) is 4.80. The van der Waals surface area contributed by atoms with E-state index in [1.165, 1.54) is 5.56 Å². The maximum absolute atomic E-state index is 12.9. The Labute approximate surface area is 138 Å². The largest absolute Gasteiger partial charge is 0.481 e. The number of fused-ring (bicyclic) bond motifs is 1. The van der Waals surface area contributed by atoms with E-state index >= 15 is 0 Å². The second-order valence-corrected chi connectivity index (χ2v) is 7.18. The van der Waals surface area contributed by atoms with Crippen molar-refractivity contribution in [2.24, 2.45) is 11.8 Å². The quantitative estimate of drug-likeness (QED) is 0.870. The number of halogens is 1. The van der Waals surface area contributed by atoms with E-state index in [1.54, 1.807) is 0 Å². The van der Waals surface area contributed by atoms with E-state index in [9.17, 15) is 14.7 Å². The van der Waals surface area contributed by atoms with Crippen LogP contribution in [0.15, 0.2) is 22.7 Å². The summed E-state index contributed by atoms with van der Waals surface area (Å²) in [6.07, 6.45) is 4.77. The number of benzene rings is 1. The van der Waals surface area contributed by atoms with Gasteiger partial charge in [0, 0.05) is 22.6 Å². The van der Waals surface area contributed by atoms with Gasteiger partial charge >= 0.3 is 5.97 Å². The average Bonchev–Trinajstić information content (AvgIpc) is 2.53. The first-order valence-electron chi connectivity index (χ1n) is 7.89. The zero-order valence-corrected chi connectivity index (χ0v) is 14.0. The summed E-state index contributed by atoms with van der Waals surface area (Å²) in [6, 6.07) is 6.04. The molecule has 4 nitrogen and oxygen atoms in total. The molecule has 118 valence electrons. The fraction of sp³-hybridized carbons (Fsp3) is 0.529. The number of aliphatic carboxylic acids is 1. The van der Waals surface area contributed by atoms with E-state index in [-0.39, 0.29) is 17.7 Å². The van der Waals surface area contributed by atoms with Gasteiger partial charge in [-0.3, -0.25) is 9.59 Å². The number of carboxylic acid groups (broad SMARTS) is 1. The van der Waals surface area contributed by atoms with E-state index in [2.05, 4.69) is 22.0 Å². The highest BCUT2D eigenvalue weighted by molar-refractivity contribution is 9.10. The molecule has 2 atom stereocenters. The Morgan fingerprint density at radius 2 is 1.95 bits per heavy atom. The first kappa shape index (κ1) is 15.5. The number of hydrogen-bond donors (Lipinski definition) is 1. The van der Waals surface area contributed by atoms with Crippen molar-refractivity contribution in [3.8, 4) is 0 Å². The average molecular weight is 366 g/mol. The highest BCUT2D eigenvalue weighted by Gasteiger charge is 2.34. The van der Waals surface area contributed by atoms with E-state index in [4.69, 9.17) is 0 Å². The van der Waals surface area contributed by atoms with Gasteiger partial charge < -0.3 is 10.0 Å². The number of carboxylic acids is 1. The summed E-state index contributed by atoms with van der Waals surface area (Å²) in [5.41, 5.74) is 2.19. The number of anilines is 1. The first-order chi connectivity index (χ1) is 10.6. The summed E-state index contributed by atoms with van der Waals surface area (Å²) in [6.45, 7) is 0.738. The van der Waals surface area contributed by atoms with Gasteiger partial charge in [-0.2, -0.15) is 0 Å². The van der Waals surface area contributed by atoms with Crippen LogP contribution < -0.4 is 4.90 Å². The van der Waals surface area contributed by atoms with Gasteiger partial charge in [0.2, 0.25) is 5.91 Å². The van der Waals surface area contributed by atoms with Gasteiger partial charge in [0.05, 0.1) is 5.92 Å². The van der Waals surface area contributed by atoms with Crippen LogP contribution in [0, 0.1) is 11.8 Å². The third-order valence-corrected chi connectivity index (χ3v) is 5.29. The minimum atomic E-state index is -0.763. The summed E-state index contributed by atoms with van der Waals surface area (Å²) >= 11 is 3.48. The number of aryl methyl sites for hydroxylation is 1. The predicted octanol–water partition coefficient (Wildman–Crippen LogP) is 3.62. The Bertz CT molecular complexity index is 602. The van der Waals surface area contributed by atoms with Crippen LogP contribution in [0.25, 0.3) is 0 Å². The molecular weight excluding hydrogens is 346 g/mol. The fourth-order valence-electron chi connectivity index (χ4n) is 3.65. The van der Waals surface area contributed by atoms with E-state index in [0.29, 0.717) is 12.8 Å². The van der Waals surface area contributed by atoms with Crippen molar-refractivity contribution < 1.29 is 14.7 Å². The number of rotatable bonds is 2. The molecule has 2 unspecified atom stereocenters. The van der Waals surface area contributed by atoms with Crippen molar-refractivity contribution in [2.75, 3.05) is 11.4 Å². The zero-order chi connectivity index (χ0) is 15.7. The molecule has 1 N–H and O–H groups in total. The molecule has 1 aliphatic heterocycles. The Hall–Kier alpha value is -1.36. The predicted molar refractivity (Wildman–Crippen MR) is 87.9 cm³/mol. The molecule has 5 heteroatoms. The van der Waals surface area contributed by atoms with Crippen molar-refractivity contribution in [3.63, 3.8) is 0 Å². The van der Waals surface area contributed by atoms with Crippen LogP contribution in [-0.4, -0.2) is 23.5 Å². The van der Waals surface area contributed by atoms with E-state index < -0.39 is 5.97 Å². The molecule has 3 rings (SSSR count). The molecule has 2 aliphatic rings. The van der Waals surface area contributed by atoms with Gasteiger partial charge in [-0.15, -0.1) is 0 Å². The molecule has 1 saturated carbocycles. The molecule has 1 aromatic carbocycles. The number of amides is 1. The molecule has 1 fully saturated rings. The maximum atomic E-state index is 12.9. The summed E-state index contributed by atoms with van der Waals surface area (Å²) in [4.78, 5) is 26.0. The Kier molecular flexibility index (Phi) is 4.52. The van der Waals surface area contributed by atoms with Crippen LogP contribution >= 0.6 is 15.9 Å². The van der Waals surface area contributed by atoms with Gasteiger partial charge in [-0.05, 0) is 55.9 Å². The number of nitrogens with zero attached hydrogens (tertiary/aromatic N) is 1. The van der Waals surface area contributed by atoms with E-state index in [1.807, 2.05) is 17.0 Å². The van der Waals surface area contributed by atoms with Gasteiger partial charge in [0.15, 0.2) is 0 Å². The molecule has 0 bridgehead atoms. The monoisotopic (exact) mass is 365 g/mol. The molecule has 1 heterocycles. The Balaban J connectivity index is 1.80. The maximum Gasteiger partial charge on any atom is 0.306 e. The lowest BCUT2D eigenvalue weighted by Crippen LogP contribution is -2.41. The molecule has 0 radical (unpaired) electrons. The van der Waals surface area contributed by atoms with Gasteiger partial charge in [-0.25, -0.2) is 0 Å². The van der Waals surface area contributed by atoms with Crippen LogP contribution in [0.5, 0.6) is 0 Å². The summed E-state index contributed by atoms with van der Waals surface area (Å²) in [5.74, 6) is -1.17. The number of carbonyl (C=O) groups excluding carboxylic acids is 1. The second kappa shape index (κ2) is 6.41. The fourth-order valence-corrected chi connectivity index (χ4v) is 4.06. The second-order valence-electron chi connectivity index (χ2n) is 6.27. The summed E-state index contributed by atoms with van der Waals surface area (Å²) in [7, 11) is 0. The standard InChI is InChI=1S/C17H20BrNO3/c18-14-6-7-15-11(10-14)5-2-8-19(15)16(20)12-3-1-4-13(9-12)17(21)22/h6-7,10,12-13H,1-5,8-9H2,(H,21,22). The molecule has 0 aromatic heterocycles. The van der Waals surface area contributed by atoms with Gasteiger partial charge in [-0.1, -0.05) is 22.4 Å². The summed E-state index contributed by atoms with van der Waals surface area (Å²) in [5, 5.41) is 9.21. The minimum absolute atomic E-state index is 0.106. The molecule has 22 heavy (non-hydrogen) atoms. The topological polar surface area (TPSA) is 57.6 Å². The Morgan fingerprint density at radius 3 is 2.73 bits per heavy atom. The third kappa shape index (κ3) is 3.05. The van der Waals surface area contributed by atoms with Gasteiger partial charge in [0.25, 0.3) is 0 Å². The van der Waals surface area contributed by atoms with Crippen molar-refractivity contribution in [2.45, 2.75) is 38.5 Å². The van der Waals surface area contributed by atoms with Gasteiger partial charge in [0.1, 0.15) is 0 Å². The highest BCUT2D eigenvalue weighted by Crippen LogP contribution is 2.35. The van der Waals surface area contributed by atoms with Crippen LogP contribution in [0.2, 0.25) is 0 Å². The minimum Gasteiger partial charge on any atom is -0.481 e. The van der Waals surface area contributed by atoms with Crippen LogP contribution in [0.4, 0.5) is 5.69 Å². The molecule has 1 aliphatic carbocycles. The molecule has 0 saturated heterocycles. The lowest BCUT2D eigenvalue weighted by Gasteiger charge is -2.34. The van der Waals surface area contributed by atoms with Crippen molar-refractivity contribution >= 4 is 33.5 Å². The lowest BCUT2D eigenvalue weighted by molar-refractivity contribution is -0.143. The zero-order valence-electron chi connectivity index (χ0n) is 12.4. The number of hydrogen-bond acceptors (Lipinski definition) is 2. The first-order valence-corrected chi connectivity index (χ1v) is 8.68. The normalized spacial score (nSPS) is 24.7. The highest BCUT2D eigenvalue weighted by atomic mass is 79.9. The van der Waals surface area contributed by atoms with Crippen LogP contribution in [-0.2, 0) is 16.0 Å². The van der Waals surface area contributed by atoms with E-state index in [0.717, 1.165) is 42.4 Å². The van der Waals surface area contributed by atoms with Crippen molar-refractivity contribution in [3.05, 3.63) is 28.2 Å². The molecule has 1 amide bonds. The summed E-state index contributed by atoms with van der Waals surface area (Å²) < 4.78 is 1.03. The lowest BCUT2D eigenvalue weighted by atomic mass is 9.80. The Morgan fingerprint density at radius 1 is 1.18 bits per heavy atom. The molecular formula is C17H20BrNO3. The molecule has 0 spiro atoms. The molecule has 1 aromatic rings.